The molecule has 0 saturated carbocycles. The van der Waals surface area contributed by atoms with Gasteiger partial charge in [0.15, 0.2) is 0 Å². The van der Waals surface area contributed by atoms with Crippen molar-refractivity contribution >= 4 is 65.2 Å². The van der Waals surface area contributed by atoms with Crippen molar-refractivity contribution in [3.05, 3.63) is 86.8 Å². The molecule has 0 aromatic heterocycles. The number of halogens is 2. The molecular weight excluding hydrogens is 550 g/mol. The molecule has 0 aliphatic carbocycles. The van der Waals surface area contributed by atoms with Crippen molar-refractivity contribution in [1.29, 1.82) is 5.41 Å². The number of hydrogen-bond donors (Lipinski definition) is 3. The number of anilines is 1. The molecule has 0 aliphatic rings. The molecule has 4 N–H and O–H groups in total. The van der Waals surface area contributed by atoms with Crippen LogP contribution in [0.3, 0.4) is 0 Å². The van der Waals surface area contributed by atoms with Gasteiger partial charge in [0.25, 0.3) is 10.0 Å². The Hall–Kier alpha value is -1.81. The molecule has 0 unspecified atom stereocenters. The number of rotatable bonds is 8. The van der Waals surface area contributed by atoms with Crippen molar-refractivity contribution in [3.8, 4) is 0 Å². The summed E-state index contributed by atoms with van der Waals surface area (Å²) in [5, 5.41) is 7.45. The zero-order chi connectivity index (χ0) is 21.7. The molecular formula is C21H19Br2N3O2S2. The third-order valence-corrected chi connectivity index (χ3v) is 8.16. The molecule has 3 rings (SSSR count). The van der Waals surface area contributed by atoms with E-state index in [-0.39, 0.29) is 10.7 Å². The number of nitrogens with one attached hydrogen (secondary N) is 2. The first kappa shape index (κ1) is 22.9. The van der Waals surface area contributed by atoms with Crippen molar-refractivity contribution in [1.82, 2.24) is 0 Å². The Bertz CT molecular complexity index is 1170. The molecule has 0 spiro atoms. The number of sulfonamides is 1. The third kappa shape index (κ3) is 5.87. The van der Waals surface area contributed by atoms with E-state index in [0.29, 0.717) is 20.2 Å². The van der Waals surface area contributed by atoms with Crippen molar-refractivity contribution < 1.29 is 8.42 Å². The molecule has 3 aromatic carbocycles. The Morgan fingerprint density at radius 3 is 2.43 bits per heavy atom. The highest BCUT2D eigenvalue weighted by atomic mass is 79.9. The lowest BCUT2D eigenvalue weighted by atomic mass is 10.1. The Morgan fingerprint density at radius 2 is 1.73 bits per heavy atom. The molecule has 0 aliphatic heterocycles. The molecule has 9 heteroatoms. The first-order valence-electron chi connectivity index (χ1n) is 8.89. The second-order valence-corrected chi connectivity index (χ2v) is 10.9. The van der Waals surface area contributed by atoms with E-state index in [2.05, 4.69) is 36.6 Å². The summed E-state index contributed by atoms with van der Waals surface area (Å²) in [4.78, 5) is 1.02. The molecule has 0 amide bonds. The highest BCUT2D eigenvalue weighted by Gasteiger charge is 2.19. The molecule has 0 atom stereocenters. The fourth-order valence-electron chi connectivity index (χ4n) is 2.69. The summed E-state index contributed by atoms with van der Waals surface area (Å²) in [5.74, 6) is 0.827. The van der Waals surface area contributed by atoms with E-state index < -0.39 is 10.0 Å². The summed E-state index contributed by atoms with van der Waals surface area (Å²) in [6.07, 6.45) is 0.807. The number of thioether (sulfide) groups is 1. The van der Waals surface area contributed by atoms with Crippen LogP contribution in [0.1, 0.15) is 11.1 Å². The van der Waals surface area contributed by atoms with Crippen LogP contribution in [-0.2, 0) is 16.4 Å². The first-order chi connectivity index (χ1) is 14.3. The minimum atomic E-state index is -3.75. The van der Waals surface area contributed by atoms with Gasteiger partial charge < -0.3 is 5.73 Å². The second-order valence-electron chi connectivity index (χ2n) is 6.39. The smallest absolute Gasteiger partial charge is 0.263 e. The third-order valence-electron chi connectivity index (χ3n) is 4.23. The fraction of sp³-hybridized carbons (Fsp3) is 0.0952. The summed E-state index contributed by atoms with van der Waals surface area (Å²) < 4.78 is 29.7. The quantitative estimate of drug-likeness (QED) is 0.186. The van der Waals surface area contributed by atoms with Crippen LogP contribution in [0.15, 0.2) is 85.5 Å². The normalized spacial score (nSPS) is 11.3. The number of amidine groups is 1. The van der Waals surface area contributed by atoms with Crippen molar-refractivity contribution in [2.45, 2.75) is 16.2 Å². The van der Waals surface area contributed by atoms with Crippen LogP contribution in [-0.4, -0.2) is 20.0 Å². The van der Waals surface area contributed by atoms with Crippen LogP contribution in [0.2, 0.25) is 0 Å². The van der Waals surface area contributed by atoms with Crippen LogP contribution in [0.4, 0.5) is 5.69 Å². The van der Waals surface area contributed by atoms with Gasteiger partial charge >= 0.3 is 0 Å². The van der Waals surface area contributed by atoms with Crippen LogP contribution in [0, 0.1) is 5.41 Å². The lowest BCUT2D eigenvalue weighted by molar-refractivity contribution is 0.600. The molecule has 0 bridgehead atoms. The van der Waals surface area contributed by atoms with E-state index in [4.69, 9.17) is 11.1 Å². The van der Waals surface area contributed by atoms with E-state index in [1.54, 1.807) is 42.1 Å². The zero-order valence-corrected chi connectivity index (χ0v) is 20.5. The zero-order valence-electron chi connectivity index (χ0n) is 15.7. The van der Waals surface area contributed by atoms with E-state index in [0.717, 1.165) is 22.6 Å². The summed E-state index contributed by atoms with van der Waals surface area (Å²) in [7, 11) is -3.75. The average molecular weight is 569 g/mol. The maximum atomic E-state index is 12.9. The Labute approximate surface area is 197 Å². The number of para-hydroxylation sites is 1. The average Bonchev–Trinajstić information content (AvgIpc) is 2.71. The number of nitrogen functional groups attached to an aromatic ring is 1. The SMILES string of the molecule is N=C(N)c1ccc(CCSc2ccccc2NS(=O)(=O)c2cc(Br)ccc2Br)cc1. The van der Waals surface area contributed by atoms with Crippen LogP contribution >= 0.6 is 43.6 Å². The first-order valence-corrected chi connectivity index (χ1v) is 12.9. The highest BCUT2D eigenvalue weighted by molar-refractivity contribution is 9.11. The predicted molar refractivity (Wildman–Crippen MR) is 131 cm³/mol. The molecule has 0 radical (unpaired) electrons. The van der Waals surface area contributed by atoms with Crippen molar-refractivity contribution in [3.63, 3.8) is 0 Å². The monoisotopic (exact) mass is 567 g/mol. The highest BCUT2D eigenvalue weighted by Crippen LogP contribution is 2.32. The molecule has 156 valence electrons. The lowest BCUT2D eigenvalue weighted by Crippen LogP contribution is -2.14. The van der Waals surface area contributed by atoms with Gasteiger partial charge in [-0.15, -0.1) is 11.8 Å². The summed E-state index contributed by atoms with van der Waals surface area (Å²) in [6, 6.07) is 20.0. The van der Waals surface area contributed by atoms with Crippen LogP contribution in [0.5, 0.6) is 0 Å². The minimum absolute atomic E-state index is 0.0502. The molecule has 3 aromatic rings. The van der Waals surface area contributed by atoms with E-state index in [1.807, 2.05) is 36.4 Å². The summed E-state index contributed by atoms with van der Waals surface area (Å²) >= 11 is 8.22. The molecule has 0 heterocycles. The number of benzene rings is 3. The van der Waals surface area contributed by atoms with Gasteiger partial charge in [0.05, 0.1) is 5.69 Å². The summed E-state index contributed by atoms with van der Waals surface area (Å²) in [6.45, 7) is 0. The van der Waals surface area contributed by atoms with Gasteiger partial charge in [-0.1, -0.05) is 52.3 Å². The van der Waals surface area contributed by atoms with Crippen LogP contribution < -0.4 is 10.5 Å². The van der Waals surface area contributed by atoms with Crippen molar-refractivity contribution in [2.75, 3.05) is 10.5 Å². The molecule has 0 fully saturated rings. The largest absolute Gasteiger partial charge is 0.384 e. The van der Waals surface area contributed by atoms with Crippen molar-refractivity contribution in [2.24, 2.45) is 5.73 Å². The van der Waals surface area contributed by atoms with E-state index >= 15 is 0 Å². The lowest BCUT2D eigenvalue weighted by Gasteiger charge is -2.13. The fourth-order valence-corrected chi connectivity index (χ4v) is 6.34. The minimum Gasteiger partial charge on any atom is -0.384 e. The second kappa shape index (κ2) is 10.00. The standard InChI is InChI=1S/C21H19Br2N3O2S2/c22-16-9-10-17(23)20(13-16)30(27,28)26-18-3-1-2-4-19(18)29-12-11-14-5-7-15(8-6-14)21(24)25/h1-10,13,26H,11-12H2,(H3,24,25). The van der Waals surface area contributed by atoms with Gasteiger partial charge in [-0.2, -0.15) is 0 Å². The molecule has 30 heavy (non-hydrogen) atoms. The van der Waals surface area contributed by atoms with Gasteiger partial charge in [-0.05, 0) is 58.2 Å². The number of aryl methyl sites for hydroxylation is 1. The number of hydrogen-bond acceptors (Lipinski definition) is 4. The maximum absolute atomic E-state index is 12.9. The predicted octanol–water partition coefficient (Wildman–Crippen LogP) is 5.63. The molecule has 0 saturated heterocycles. The van der Waals surface area contributed by atoms with Gasteiger partial charge in [-0.3, -0.25) is 10.1 Å². The van der Waals surface area contributed by atoms with Gasteiger partial charge in [0.2, 0.25) is 0 Å². The Kier molecular flexibility index (Phi) is 7.62. The topological polar surface area (TPSA) is 96.0 Å². The van der Waals surface area contributed by atoms with E-state index in [9.17, 15) is 8.42 Å². The van der Waals surface area contributed by atoms with Crippen LogP contribution in [0.25, 0.3) is 0 Å². The van der Waals surface area contributed by atoms with E-state index in [1.165, 1.54) is 0 Å². The van der Waals surface area contributed by atoms with Gasteiger partial charge in [0.1, 0.15) is 10.7 Å². The number of nitrogens with two attached hydrogens (primary N) is 1. The van der Waals surface area contributed by atoms with Gasteiger partial charge in [0, 0.05) is 25.2 Å². The van der Waals surface area contributed by atoms with Gasteiger partial charge in [-0.25, -0.2) is 8.42 Å². The maximum Gasteiger partial charge on any atom is 0.263 e. The Balaban J connectivity index is 1.71. The molecule has 5 nitrogen and oxygen atoms in total. The summed E-state index contributed by atoms with van der Waals surface area (Å²) in [5.41, 5.74) is 7.85. The Morgan fingerprint density at radius 1 is 1.03 bits per heavy atom.